The zero-order valence-electron chi connectivity index (χ0n) is 16.0. The first-order chi connectivity index (χ1) is 14.0. The topological polar surface area (TPSA) is 85.3 Å². The van der Waals surface area contributed by atoms with Gasteiger partial charge in [-0.05, 0) is 37.3 Å². The number of carbonyl (C=O) groups is 1. The highest BCUT2D eigenvalue weighted by Gasteiger charge is 2.47. The van der Waals surface area contributed by atoms with Gasteiger partial charge in [-0.2, -0.15) is 18.3 Å². The second-order valence-electron chi connectivity index (χ2n) is 8.25. The van der Waals surface area contributed by atoms with Crippen LogP contribution in [0, 0.1) is 11.8 Å². The van der Waals surface area contributed by atoms with Crippen molar-refractivity contribution in [3.63, 3.8) is 0 Å². The van der Waals surface area contributed by atoms with Crippen molar-refractivity contribution < 1.29 is 26.7 Å². The van der Waals surface area contributed by atoms with Crippen LogP contribution in [-0.2, 0) is 11.2 Å². The summed E-state index contributed by atoms with van der Waals surface area (Å²) in [5, 5.41) is 6.33. The third-order valence-electron chi connectivity index (χ3n) is 6.06. The first kappa shape index (κ1) is 21.0. The van der Waals surface area contributed by atoms with Crippen LogP contribution in [0.3, 0.4) is 0 Å². The van der Waals surface area contributed by atoms with Gasteiger partial charge >= 0.3 is 6.18 Å². The molecule has 2 unspecified atom stereocenters. The fourth-order valence-corrected chi connectivity index (χ4v) is 4.26. The van der Waals surface area contributed by atoms with Gasteiger partial charge in [-0.3, -0.25) is 4.79 Å². The van der Waals surface area contributed by atoms with E-state index in [4.69, 9.17) is 5.73 Å². The number of imidazole rings is 1. The van der Waals surface area contributed by atoms with Crippen LogP contribution < -0.4 is 11.1 Å². The van der Waals surface area contributed by atoms with Gasteiger partial charge in [0.25, 0.3) is 0 Å². The number of nitrogens with one attached hydrogen (secondary N) is 1. The molecule has 30 heavy (non-hydrogen) atoms. The molecule has 0 radical (unpaired) electrons. The maximum Gasteiger partial charge on any atom is 0.408 e. The van der Waals surface area contributed by atoms with Crippen molar-refractivity contribution in [2.45, 2.75) is 62.7 Å². The number of hydrogen-bond donors (Lipinski definition) is 2. The Morgan fingerprint density at radius 1 is 1.27 bits per heavy atom. The molecule has 2 fully saturated rings. The summed E-state index contributed by atoms with van der Waals surface area (Å²) in [4.78, 5) is 16.3. The van der Waals surface area contributed by atoms with E-state index >= 15 is 0 Å². The van der Waals surface area contributed by atoms with Gasteiger partial charge < -0.3 is 11.1 Å². The number of fused-ring (bicyclic) bond motifs is 1. The summed E-state index contributed by atoms with van der Waals surface area (Å²) in [5.74, 6) is -4.18. The Morgan fingerprint density at radius 3 is 2.60 bits per heavy atom. The number of halogens is 5. The molecule has 1 saturated heterocycles. The van der Waals surface area contributed by atoms with E-state index in [1.54, 1.807) is 18.3 Å². The number of amides is 1. The number of aromatic nitrogens is 3. The van der Waals surface area contributed by atoms with Crippen molar-refractivity contribution in [3.8, 4) is 0 Å². The van der Waals surface area contributed by atoms with Crippen LogP contribution in [0.1, 0.15) is 49.5 Å². The summed E-state index contributed by atoms with van der Waals surface area (Å²) >= 11 is 0. The average molecular weight is 431 g/mol. The molecule has 1 saturated carbocycles. The van der Waals surface area contributed by atoms with Crippen molar-refractivity contribution in [3.05, 3.63) is 29.7 Å². The van der Waals surface area contributed by atoms with Crippen LogP contribution in [-0.4, -0.2) is 38.6 Å². The maximum atomic E-state index is 13.4. The highest BCUT2D eigenvalue weighted by atomic mass is 19.4. The summed E-state index contributed by atoms with van der Waals surface area (Å²) in [5.41, 5.74) is 7.74. The van der Waals surface area contributed by atoms with Gasteiger partial charge in [0.05, 0.1) is 23.6 Å². The Morgan fingerprint density at radius 2 is 1.97 bits per heavy atom. The average Bonchev–Trinajstić information content (AvgIpc) is 3.24. The molecular weight excluding hydrogens is 409 g/mol. The molecule has 3 atom stereocenters. The summed E-state index contributed by atoms with van der Waals surface area (Å²) < 4.78 is 66.7. The molecule has 1 aliphatic carbocycles. The van der Waals surface area contributed by atoms with E-state index in [-0.39, 0.29) is 31.6 Å². The molecule has 3 N–H and O–H groups in total. The van der Waals surface area contributed by atoms with E-state index < -0.39 is 36.0 Å². The number of nitrogens with two attached hydrogens (primary N) is 1. The Bertz CT molecular complexity index is 933. The van der Waals surface area contributed by atoms with Gasteiger partial charge in [-0.15, -0.1) is 0 Å². The van der Waals surface area contributed by atoms with Gasteiger partial charge in [0.1, 0.15) is 6.04 Å². The van der Waals surface area contributed by atoms with Crippen molar-refractivity contribution >= 4 is 11.6 Å². The maximum absolute atomic E-state index is 13.4. The molecule has 0 bridgehead atoms. The van der Waals surface area contributed by atoms with Crippen molar-refractivity contribution in [2.24, 2.45) is 17.6 Å². The normalized spacial score (nSPS) is 26.1. The standard InChI is InChI=1S/C19H22F5N5O/c20-18(21)5-3-10(4-6-18)16(25)13-9-29-15(26-13)2-1-12(28-29)7-11-8-14(19(22,23)24)27-17(11)30/h1-2,9-11,14,16H,3-8,25H2,(H,27,30)/t11?,14-,16?/m0/s1. The minimum Gasteiger partial charge on any atom is -0.344 e. The Kier molecular flexibility index (Phi) is 5.19. The highest BCUT2D eigenvalue weighted by Crippen LogP contribution is 2.40. The van der Waals surface area contributed by atoms with Crippen molar-refractivity contribution in [1.29, 1.82) is 0 Å². The second kappa shape index (κ2) is 7.44. The molecule has 0 spiro atoms. The summed E-state index contributed by atoms with van der Waals surface area (Å²) in [6, 6.07) is 0.938. The van der Waals surface area contributed by atoms with Gasteiger partial charge in [-0.25, -0.2) is 18.3 Å². The Hall–Kier alpha value is -2.30. The molecule has 2 aromatic rings. The number of hydrogen-bond acceptors (Lipinski definition) is 4. The predicted molar refractivity (Wildman–Crippen MR) is 96.6 cm³/mol. The van der Waals surface area contributed by atoms with E-state index in [9.17, 15) is 26.7 Å². The molecule has 0 aromatic carbocycles. The summed E-state index contributed by atoms with van der Waals surface area (Å²) in [6.07, 6.45) is -2.85. The van der Waals surface area contributed by atoms with Gasteiger partial charge in [0.15, 0.2) is 5.65 Å². The van der Waals surface area contributed by atoms with Crippen LogP contribution in [0.4, 0.5) is 22.0 Å². The van der Waals surface area contributed by atoms with Crippen molar-refractivity contribution in [2.75, 3.05) is 0 Å². The lowest BCUT2D eigenvalue weighted by Crippen LogP contribution is -2.38. The molecule has 1 amide bonds. The molecule has 1 aliphatic heterocycles. The van der Waals surface area contributed by atoms with E-state index in [1.807, 2.05) is 5.32 Å². The van der Waals surface area contributed by atoms with Gasteiger partial charge in [0, 0.05) is 25.2 Å². The first-order valence-electron chi connectivity index (χ1n) is 9.87. The minimum absolute atomic E-state index is 0.0750. The SMILES string of the molecule is NC(c1cn2nc(CC3C[C@@H](C(F)(F)F)NC3=O)ccc2n1)C1CCC(F)(F)CC1. The Labute approximate surface area is 169 Å². The highest BCUT2D eigenvalue weighted by molar-refractivity contribution is 5.81. The fraction of sp³-hybridized carbons (Fsp3) is 0.632. The summed E-state index contributed by atoms with van der Waals surface area (Å²) in [7, 11) is 0. The fourth-order valence-electron chi connectivity index (χ4n) is 4.26. The van der Waals surface area contributed by atoms with Crippen LogP contribution in [0.15, 0.2) is 18.3 Å². The van der Waals surface area contributed by atoms with Gasteiger partial charge in [0.2, 0.25) is 11.8 Å². The van der Waals surface area contributed by atoms with Crippen molar-refractivity contribution in [1.82, 2.24) is 19.9 Å². The monoisotopic (exact) mass is 431 g/mol. The smallest absolute Gasteiger partial charge is 0.344 e. The number of rotatable bonds is 4. The number of alkyl halides is 5. The molecule has 4 rings (SSSR count). The largest absolute Gasteiger partial charge is 0.408 e. The minimum atomic E-state index is -4.47. The third-order valence-corrected chi connectivity index (χ3v) is 6.06. The molecule has 2 aromatic heterocycles. The quantitative estimate of drug-likeness (QED) is 0.729. The molecule has 11 heteroatoms. The third kappa shape index (κ3) is 4.26. The predicted octanol–water partition coefficient (Wildman–Crippen LogP) is 3.16. The lowest BCUT2D eigenvalue weighted by molar-refractivity contribution is -0.154. The van der Waals surface area contributed by atoms with Crippen LogP contribution in [0.2, 0.25) is 0 Å². The van der Waals surface area contributed by atoms with Gasteiger partial charge in [-0.1, -0.05) is 0 Å². The lowest BCUT2D eigenvalue weighted by Gasteiger charge is -2.31. The van der Waals surface area contributed by atoms with Crippen LogP contribution in [0.25, 0.3) is 5.65 Å². The Balaban J connectivity index is 1.46. The number of nitrogens with zero attached hydrogens (tertiary/aromatic N) is 3. The second-order valence-corrected chi connectivity index (χ2v) is 8.25. The number of carbonyl (C=O) groups excluding carboxylic acids is 1. The molecule has 2 aliphatic rings. The zero-order chi connectivity index (χ0) is 21.7. The lowest BCUT2D eigenvalue weighted by atomic mass is 9.81. The van der Waals surface area contributed by atoms with E-state index in [1.165, 1.54) is 4.52 Å². The van der Waals surface area contributed by atoms with E-state index in [0.29, 0.717) is 29.9 Å². The van der Waals surface area contributed by atoms with E-state index in [0.717, 1.165) is 0 Å². The molecule has 164 valence electrons. The zero-order valence-corrected chi connectivity index (χ0v) is 16.0. The molecule has 6 nitrogen and oxygen atoms in total. The van der Waals surface area contributed by atoms with Crippen LogP contribution in [0.5, 0.6) is 0 Å². The first-order valence-corrected chi connectivity index (χ1v) is 9.87. The van der Waals surface area contributed by atoms with E-state index in [2.05, 4.69) is 10.1 Å². The van der Waals surface area contributed by atoms with Crippen LogP contribution >= 0.6 is 0 Å². The summed E-state index contributed by atoms with van der Waals surface area (Å²) in [6.45, 7) is 0. The molecule has 3 heterocycles. The molecular formula is C19H22F5N5O.